The van der Waals surface area contributed by atoms with Crippen molar-refractivity contribution in [2.75, 3.05) is 46.9 Å². The number of piperidine rings is 1. The SMILES string of the molecule is CCN1CCCCC1CNC(=NC)N(C)Cc1ccc2c(c1)OCCO2. The predicted octanol–water partition coefficient (Wildman–Crippen LogP) is 2.34. The highest BCUT2D eigenvalue weighted by atomic mass is 16.6. The van der Waals surface area contributed by atoms with E-state index in [0.717, 1.165) is 37.1 Å². The first-order valence-electron chi connectivity index (χ1n) is 9.75. The summed E-state index contributed by atoms with van der Waals surface area (Å²) in [7, 11) is 3.92. The van der Waals surface area contributed by atoms with E-state index in [1.165, 1.54) is 31.4 Å². The number of nitrogens with one attached hydrogen (secondary N) is 1. The standard InChI is InChI=1S/C20H32N4O2/c1-4-24-10-6-5-7-17(24)14-22-20(21-2)23(3)15-16-8-9-18-19(13-16)26-12-11-25-18/h8-9,13,17H,4-7,10-12,14-15H2,1-3H3,(H,21,22). The quantitative estimate of drug-likeness (QED) is 0.645. The lowest BCUT2D eigenvalue weighted by Crippen LogP contribution is -2.49. The van der Waals surface area contributed by atoms with Crippen LogP contribution in [0.2, 0.25) is 0 Å². The van der Waals surface area contributed by atoms with Crippen LogP contribution in [0.1, 0.15) is 31.7 Å². The molecule has 1 aromatic carbocycles. The van der Waals surface area contributed by atoms with E-state index in [9.17, 15) is 0 Å². The van der Waals surface area contributed by atoms with Crippen molar-refractivity contribution < 1.29 is 9.47 Å². The molecule has 0 aliphatic carbocycles. The van der Waals surface area contributed by atoms with Gasteiger partial charge in [0.2, 0.25) is 0 Å². The number of likely N-dealkylation sites (N-methyl/N-ethyl adjacent to an activating group) is 1. The highest BCUT2D eigenvalue weighted by Gasteiger charge is 2.21. The fourth-order valence-corrected chi connectivity index (χ4v) is 3.84. The lowest BCUT2D eigenvalue weighted by Gasteiger charge is -2.35. The number of likely N-dealkylation sites (tertiary alicyclic amines) is 1. The van der Waals surface area contributed by atoms with Gasteiger partial charge < -0.3 is 19.7 Å². The number of ether oxygens (including phenoxy) is 2. The third kappa shape index (κ3) is 4.61. The summed E-state index contributed by atoms with van der Waals surface area (Å²) >= 11 is 0. The van der Waals surface area contributed by atoms with Crippen molar-refractivity contribution in [1.82, 2.24) is 15.1 Å². The summed E-state index contributed by atoms with van der Waals surface area (Å²) in [6.45, 7) is 7.56. The smallest absolute Gasteiger partial charge is 0.193 e. The van der Waals surface area contributed by atoms with E-state index < -0.39 is 0 Å². The topological polar surface area (TPSA) is 49.3 Å². The van der Waals surface area contributed by atoms with Crippen LogP contribution in [0.5, 0.6) is 11.5 Å². The summed E-state index contributed by atoms with van der Waals surface area (Å²) in [6.07, 6.45) is 3.92. The van der Waals surface area contributed by atoms with Crippen LogP contribution in [0.25, 0.3) is 0 Å². The molecule has 2 heterocycles. The van der Waals surface area contributed by atoms with Crippen molar-refractivity contribution in [2.24, 2.45) is 4.99 Å². The van der Waals surface area contributed by atoms with Gasteiger partial charge in [-0.25, -0.2) is 0 Å². The Hall–Kier alpha value is -1.95. The number of hydrogen-bond acceptors (Lipinski definition) is 4. The van der Waals surface area contributed by atoms with Crippen molar-refractivity contribution in [2.45, 2.75) is 38.8 Å². The van der Waals surface area contributed by atoms with Crippen molar-refractivity contribution in [3.8, 4) is 11.5 Å². The molecule has 6 heteroatoms. The normalized spacial score (nSPS) is 20.7. The molecule has 144 valence electrons. The third-order valence-corrected chi connectivity index (χ3v) is 5.25. The van der Waals surface area contributed by atoms with E-state index in [-0.39, 0.29) is 0 Å². The molecular formula is C20H32N4O2. The highest BCUT2D eigenvalue weighted by Crippen LogP contribution is 2.31. The van der Waals surface area contributed by atoms with Crippen LogP contribution in [0.3, 0.4) is 0 Å². The molecule has 3 rings (SSSR count). The Labute approximate surface area is 157 Å². The van der Waals surface area contributed by atoms with Gasteiger partial charge >= 0.3 is 0 Å². The van der Waals surface area contributed by atoms with Crippen molar-refractivity contribution in [3.05, 3.63) is 23.8 Å². The number of benzene rings is 1. The zero-order valence-electron chi connectivity index (χ0n) is 16.3. The van der Waals surface area contributed by atoms with Gasteiger partial charge in [0.1, 0.15) is 13.2 Å². The summed E-state index contributed by atoms with van der Waals surface area (Å²) in [4.78, 5) is 9.20. The molecule has 0 saturated carbocycles. The number of aliphatic imine (C=N–C) groups is 1. The first-order valence-corrected chi connectivity index (χ1v) is 9.75. The minimum atomic E-state index is 0.605. The van der Waals surface area contributed by atoms with Gasteiger partial charge in [0, 0.05) is 33.2 Å². The van der Waals surface area contributed by atoms with Gasteiger partial charge in [-0.15, -0.1) is 0 Å². The first kappa shape index (κ1) is 18.8. The van der Waals surface area contributed by atoms with E-state index in [4.69, 9.17) is 9.47 Å². The molecule has 1 unspecified atom stereocenters. The Morgan fingerprint density at radius 2 is 2.08 bits per heavy atom. The number of fused-ring (bicyclic) bond motifs is 1. The van der Waals surface area contributed by atoms with Crippen molar-refractivity contribution >= 4 is 5.96 Å². The molecule has 6 nitrogen and oxygen atoms in total. The van der Waals surface area contributed by atoms with Gasteiger partial charge in [0.25, 0.3) is 0 Å². The molecule has 2 aliphatic heterocycles. The fraction of sp³-hybridized carbons (Fsp3) is 0.650. The third-order valence-electron chi connectivity index (χ3n) is 5.25. The lowest BCUT2D eigenvalue weighted by atomic mass is 10.0. The van der Waals surface area contributed by atoms with Crippen molar-refractivity contribution in [1.29, 1.82) is 0 Å². The Bertz CT molecular complexity index is 620. The van der Waals surface area contributed by atoms with Crippen LogP contribution in [0.15, 0.2) is 23.2 Å². The van der Waals surface area contributed by atoms with Gasteiger partial charge in [-0.1, -0.05) is 19.4 Å². The predicted molar refractivity (Wildman–Crippen MR) is 105 cm³/mol. The molecule has 0 bridgehead atoms. The minimum absolute atomic E-state index is 0.605. The number of nitrogens with zero attached hydrogens (tertiary/aromatic N) is 3. The molecule has 1 N–H and O–H groups in total. The summed E-state index contributed by atoms with van der Waals surface area (Å²) in [5.74, 6) is 2.61. The molecule has 2 aliphatic rings. The van der Waals surface area contributed by atoms with E-state index in [1.54, 1.807) is 0 Å². The maximum Gasteiger partial charge on any atom is 0.193 e. The Morgan fingerprint density at radius 1 is 1.27 bits per heavy atom. The Balaban J connectivity index is 1.56. The largest absolute Gasteiger partial charge is 0.486 e. The maximum absolute atomic E-state index is 5.69. The lowest BCUT2D eigenvalue weighted by molar-refractivity contribution is 0.156. The molecule has 0 radical (unpaired) electrons. The number of guanidine groups is 1. The first-order chi connectivity index (χ1) is 12.7. The maximum atomic E-state index is 5.69. The average Bonchev–Trinajstić information content (AvgIpc) is 2.68. The van der Waals surface area contributed by atoms with E-state index >= 15 is 0 Å². The molecule has 1 aromatic rings. The Kier molecular flexibility index (Phi) is 6.61. The monoisotopic (exact) mass is 360 g/mol. The summed E-state index contributed by atoms with van der Waals surface area (Å²) in [5, 5.41) is 3.56. The van der Waals surface area contributed by atoms with Gasteiger partial charge in [0.05, 0.1) is 0 Å². The second-order valence-electron chi connectivity index (χ2n) is 7.04. The zero-order chi connectivity index (χ0) is 18.4. The second-order valence-corrected chi connectivity index (χ2v) is 7.04. The van der Waals surface area contributed by atoms with Crippen LogP contribution >= 0.6 is 0 Å². The number of hydrogen-bond donors (Lipinski definition) is 1. The van der Waals surface area contributed by atoms with Gasteiger partial charge in [-0.05, 0) is 43.6 Å². The van der Waals surface area contributed by atoms with Gasteiger partial charge in [0.15, 0.2) is 17.5 Å². The minimum Gasteiger partial charge on any atom is -0.486 e. The van der Waals surface area contributed by atoms with Crippen LogP contribution in [-0.4, -0.2) is 68.7 Å². The molecule has 1 atom stereocenters. The highest BCUT2D eigenvalue weighted by molar-refractivity contribution is 5.79. The molecular weight excluding hydrogens is 328 g/mol. The van der Waals surface area contributed by atoms with E-state index in [2.05, 4.69) is 46.2 Å². The molecule has 26 heavy (non-hydrogen) atoms. The molecule has 0 amide bonds. The van der Waals surface area contributed by atoms with Crippen LogP contribution in [-0.2, 0) is 6.54 Å². The van der Waals surface area contributed by atoms with Crippen LogP contribution in [0.4, 0.5) is 0 Å². The summed E-state index contributed by atoms with van der Waals surface area (Å²) in [6, 6.07) is 6.76. The van der Waals surface area contributed by atoms with Crippen LogP contribution in [0, 0.1) is 0 Å². The molecule has 0 aromatic heterocycles. The second kappa shape index (κ2) is 9.12. The van der Waals surface area contributed by atoms with Gasteiger partial charge in [-0.3, -0.25) is 9.89 Å². The summed E-state index contributed by atoms with van der Waals surface area (Å²) < 4.78 is 11.3. The summed E-state index contributed by atoms with van der Waals surface area (Å²) in [5.41, 5.74) is 1.19. The van der Waals surface area contributed by atoms with E-state index in [0.29, 0.717) is 19.3 Å². The average molecular weight is 361 g/mol. The Morgan fingerprint density at radius 3 is 2.85 bits per heavy atom. The fourth-order valence-electron chi connectivity index (χ4n) is 3.84. The molecule has 0 spiro atoms. The van der Waals surface area contributed by atoms with Gasteiger partial charge in [-0.2, -0.15) is 0 Å². The number of rotatable bonds is 5. The van der Waals surface area contributed by atoms with E-state index in [1.807, 2.05) is 13.1 Å². The molecule has 1 fully saturated rings. The molecule has 1 saturated heterocycles. The van der Waals surface area contributed by atoms with Crippen LogP contribution < -0.4 is 14.8 Å². The van der Waals surface area contributed by atoms with Crippen molar-refractivity contribution in [3.63, 3.8) is 0 Å². The zero-order valence-corrected chi connectivity index (χ0v) is 16.3.